The van der Waals surface area contributed by atoms with E-state index in [1.165, 1.54) is 11.8 Å². The number of benzene rings is 2. The zero-order valence-electron chi connectivity index (χ0n) is 11.1. The second-order valence-electron chi connectivity index (χ2n) is 4.59. The van der Waals surface area contributed by atoms with Crippen LogP contribution in [-0.2, 0) is 11.4 Å². The van der Waals surface area contributed by atoms with Gasteiger partial charge in [-0.15, -0.1) is 11.8 Å². The highest BCUT2D eigenvalue weighted by Crippen LogP contribution is 2.34. The van der Waals surface area contributed by atoms with Crippen LogP contribution in [0.2, 0.25) is 0 Å². The molecule has 3 rings (SSSR count). The molecule has 4 nitrogen and oxygen atoms in total. The predicted octanol–water partition coefficient (Wildman–Crippen LogP) is 3.18. The summed E-state index contributed by atoms with van der Waals surface area (Å²) in [7, 11) is 0. The van der Waals surface area contributed by atoms with Crippen molar-refractivity contribution in [2.45, 2.75) is 11.5 Å². The van der Waals surface area contributed by atoms with Crippen molar-refractivity contribution in [2.24, 2.45) is 0 Å². The summed E-state index contributed by atoms with van der Waals surface area (Å²) in [4.78, 5) is 12.3. The Kier molecular flexibility index (Phi) is 3.80. The van der Waals surface area contributed by atoms with Crippen molar-refractivity contribution in [2.75, 3.05) is 11.1 Å². The van der Waals surface area contributed by atoms with Crippen LogP contribution >= 0.6 is 11.8 Å². The Morgan fingerprint density at radius 1 is 1.24 bits per heavy atom. The van der Waals surface area contributed by atoms with Crippen LogP contribution in [-0.4, -0.2) is 11.7 Å². The minimum atomic E-state index is 0.0266. The fourth-order valence-electron chi connectivity index (χ4n) is 1.99. The highest BCUT2D eigenvalue weighted by Gasteiger charge is 2.15. The topological polar surface area (TPSA) is 62.1 Å². The first-order valence-electron chi connectivity index (χ1n) is 6.43. The number of thioether (sulfide) groups is 1. The van der Waals surface area contributed by atoms with Crippen LogP contribution in [0.15, 0.2) is 47.4 Å². The van der Waals surface area contributed by atoms with E-state index in [-0.39, 0.29) is 5.91 Å². The highest BCUT2D eigenvalue weighted by atomic mass is 32.2. The van der Waals surface area contributed by atoms with E-state index in [1.807, 2.05) is 30.3 Å². The van der Waals surface area contributed by atoms with Gasteiger partial charge in [-0.2, -0.15) is 5.26 Å². The standard InChI is InChI=1S/C16H12N2O2S/c17-8-11-1-3-12(4-2-11)9-20-13-5-6-14-15(7-13)21-10-16(19)18-14/h1-7H,9-10H2,(H,18,19). The number of hydrogen-bond acceptors (Lipinski definition) is 4. The Hall–Kier alpha value is -2.45. The zero-order valence-corrected chi connectivity index (χ0v) is 11.9. The van der Waals surface area contributed by atoms with Crippen LogP contribution in [0.1, 0.15) is 11.1 Å². The second-order valence-corrected chi connectivity index (χ2v) is 5.61. The Morgan fingerprint density at radius 2 is 2.05 bits per heavy atom. The van der Waals surface area contributed by atoms with E-state index in [9.17, 15) is 4.79 Å². The fraction of sp³-hybridized carbons (Fsp3) is 0.125. The van der Waals surface area contributed by atoms with Gasteiger partial charge in [0.1, 0.15) is 12.4 Å². The summed E-state index contributed by atoms with van der Waals surface area (Å²) in [5, 5.41) is 11.6. The number of nitrogens with zero attached hydrogens (tertiary/aromatic N) is 1. The van der Waals surface area contributed by atoms with Crippen molar-refractivity contribution in [1.29, 1.82) is 5.26 Å². The van der Waals surface area contributed by atoms with Crippen LogP contribution in [0.5, 0.6) is 5.75 Å². The maximum absolute atomic E-state index is 11.3. The maximum Gasteiger partial charge on any atom is 0.234 e. The van der Waals surface area contributed by atoms with Gasteiger partial charge in [0.15, 0.2) is 0 Å². The van der Waals surface area contributed by atoms with E-state index < -0.39 is 0 Å². The number of carbonyl (C=O) groups excluding carboxylic acids is 1. The summed E-state index contributed by atoms with van der Waals surface area (Å²) in [6.07, 6.45) is 0. The van der Waals surface area contributed by atoms with Gasteiger partial charge in [0.05, 0.1) is 23.1 Å². The number of rotatable bonds is 3. The molecule has 0 fully saturated rings. The number of anilines is 1. The number of amides is 1. The van der Waals surface area contributed by atoms with Crippen LogP contribution in [0, 0.1) is 11.3 Å². The lowest BCUT2D eigenvalue weighted by Gasteiger charge is -2.17. The largest absolute Gasteiger partial charge is 0.489 e. The molecule has 104 valence electrons. The molecule has 0 atom stereocenters. The molecule has 0 saturated heterocycles. The molecule has 1 N–H and O–H groups in total. The number of nitriles is 1. The lowest BCUT2D eigenvalue weighted by atomic mass is 10.1. The predicted molar refractivity (Wildman–Crippen MR) is 81.3 cm³/mol. The lowest BCUT2D eigenvalue weighted by molar-refractivity contribution is -0.113. The molecule has 1 aliphatic rings. The molecule has 2 aromatic rings. The van der Waals surface area contributed by atoms with Crippen LogP contribution in [0.25, 0.3) is 0 Å². The van der Waals surface area contributed by atoms with E-state index >= 15 is 0 Å². The number of hydrogen-bond donors (Lipinski definition) is 1. The third kappa shape index (κ3) is 3.18. The molecule has 5 heteroatoms. The van der Waals surface area contributed by atoms with E-state index in [2.05, 4.69) is 11.4 Å². The third-order valence-electron chi connectivity index (χ3n) is 3.07. The minimum Gasteiger partial charge on any atom is -0.489 e. The van der Waals surface area contributed by atoms with Crippen LogP contribution in [0.4, 0.5) is 5.69 Å². The molecule has 0 radical (unpaired) electrons. The number of nitrogens with one attached hydrogen (secondary N) is 1. The first-order chi connectivity index (χ1) is 10.2. The molecular weight excluding hydrogens is 284 g/mol. The summed E-state index contributed by atoms with van der Waals surface area (Å²) in [5.41, 5.74) is 2.48. The summed E-state index contributed by atoms with van der Waals surface area (Å²) in [5.74, 6) is 1.23. The highest BCUT2D eigenvalue weighted by molar-refractivity contribution is 8.00. The van der Waals surface area contributed by atoms with Gasteiger partial charge in [0, 0.05) is 4.90 Å². The number of ether oxygens (including phenoxy) is 1. The molecule has 0 aromatic heterocycles. The van der Waals surface area contributed by atoms with Crippen molar-refractivity contribution >= 4 is 23.4 Å². The van der Waals surface area contributed by atoms with Gasteiger partial charge in [0.2, 0.25) is 5.91 Å². The molecule has 0 bridgehead atoms. The van der Waals surface area contributed by atoms with E-state index in [0.717, 1.165) is 21.9 Å². The van der Waals surface area contributed by atoms with E-state index in [4.69, 9.17) is 10.00 Å². The summed E-state index contributed by atoms with van der Waals surface area (Å²) in [6.45, 7) is 0.446. The van der Waals surface area contributed by atoms with Gasteiger partial charge >= 0.3 is 0 Å². The minimum absolute atomic E-state index is 0.0266. The van der Waals surface area contributed by atoms with E-state index in [1.54, 1.807) is 12.1 Å². The molecule has 0 spiro atoms. The molecular formula is C16H12N2O2S. The smallest absolute Gasteiger partial charge is 0.234 e. The summed E-state index contributed by atoms with van der Waals surface area (Å²) in [6, 6.07) is 15.0. The normalized spacial score (nSPS) is 13.0. The lowest BCUT2D eigenvalue weighted by Crippen LogP contribution is -2.18. The Labute approximate surface area is 126 Å². The van der Waals surface area contributed by atoms with Crippen molar-refractivity contribution in [3.63, 3.8) is 0 Å². The third-order valence-corrected chi connectivity index (χ3v) is 4.13. The monoisotopic (exact) mass is 296 g/mol. The van der Waals surface area contributed by atoms with Crippen molar-refractivity contribution < 1.29 is 9.53 Å². The molecule has 1 amide bonds. The molecule has 0 unspecified atom stereocenters. The Bertz CT molecular complexity index is 720. The van der Waals surface area contributed by atoms with Gasteiger partial charge in [0.25, 0.3) is 0 Å². The number of fused-ring (bicyclic) bond motifs is 1. The first-order valence-corrected chi connectivity index (χ1v) is 7.42. The van der Waals surface area contributed by atoms with Gasteiger partial charge in [-0.05, 0) is 35.9 Å². The van der Waals surface area contributed by atoms with Crippen molar-refractivity contribution in [3.05, 3.63) is 53.6 Å². The summed E-state index contributed by atoms with van der Waals surface area (Å²) >= 11 is 1.51. The quantitative estimate of drug-likeness (QED) is 0.945. The average Bonchev–Trinajstić information content (AvgIpc) is 2.53. The summed E-state index contributed by atoms with van der Waals surface area (Å²) < 4.78 is 5.75. The van der Waals surface area contributed by atoms with Crippen molar-refractivity contribution in [1.82, 2.24) is 0 Å². The Balaban J connectivity index is 1.68. The van der Waals surface area contributed by atoms with Gasteiger partial charge in [-0.25, -0.2) is 0 Å². The molecule has 1 aliphatic heterocycles. The second kappa shape index (κ2) is 5.90. The molecule has 0 aliphatic carbocycles. The van der Waals surface area contributed by atoms with Crippen molar-refractivity contribution in [3.8, 4) is 11.8 Å². The first kappa shape index (κ1) is 13.5. The molecule has 21 heavy (non-hydrogen) atoms. The zero-order chi connectivity index (χ0) is 14.7. The Morgan fingerprint density at radius 3 is 2.81 bits per heavy atom. The average molecular weight is 296 g/mol. The maximum atomic E-state index is 11.3. The van der Waals surface area contributed by atoms with Crippen LogP contribution in [0.3, 0.4) is 0 Å². The van der Waals surface area contributed by atoms with E-state index in [0.29, 0.717) is 17.9 Å². The van der Waals surface area contributed by atoms with Crippen LogP contribution < -0.4 is 10.1 Å². The molecule has 1 heterocycles. The van der Waals surface area contributed by atoms with Gasteiger partial charge < -0.3 is 10.1 Å². The van der Waals surface area contributed by atoms with Gasteiger partial charge in [-0.1, -0.05) is 12.1 Å². The molecule has 0 saturated carbocycles. The molecule has 2 aromatic carbocycles. The fourth-order valence-corrected chi connectivity index (χ4v) is 2.82. The number of carbonyl (C=O) groups is 1. The van der Waals surface area contributed by atoms with Gasteiger partial charge in [-0.3, -0.25) is 4.79 Å². The SMILES string of the molecule is N#Cc1ccc(COc2ccc3c(c2)SCC(=O)N3)cc1.